The number of carbonyl (C=O) groups is 2. The molecule has 0 saturated carbocycles. The number of nitriles is 1. The quantitative estimate of drug-likeness (QED) is 0.243. The van der Waals surface area contributed by atoms with Gasteiger partial charge in [-0.1, -0.05) is 26.0 Å². The summed E-state index contributed by atoms with van der Waals surface area (Å²) in [5.41, 5.74) is -1.65. The standard InChI is InChI=1S/C27H35N5O6.2ClH/c1-18-22(24(33)34)27(23(25(35)36)19(2)29(18)5,20-7-6-8-21(15-20)32(37)38)16-26(3,4)17-31-13-11-30(10-9-28)12-14-31;;/h6-8,15H,10-14,16-17H2,1-5H3,(H,33,34)(H,35,36);2*1H. The Morgan fingerprint density at radius 2 is 1.55 bits per heavy atom. The van der Waals surface area contributed by atoms with Crippen LogP contribution in [0.1, 0.15) is 39.7 Å². The van der Waals surface area contributed by atoms with E-state index in [0.717, 1.165) is 26.2 Å². The topological polar surface area (TPSA) is 151 Å². The van der Waals surface area contributed by atoms with Crippen LogP contribution >= 0.6 is 24.8 Å². The van der Waals surface area contributed by atoms with Crippen molar-refractivity contribution in [3.05, 3.63) is 62.5 Å². The minimum Gasteiger partial charge on any atom is -0.478 e. The maximum absolute atomic E-state index is 12.9. The maximum Gasteiger partial charge on any atom is 0.334 e. The van der Waals surface area contributed by atoms with Crippen LogP contribution < -0.4 is 0 Å². The molecule has 1 aromatic carbocycles. The third-order valence-electron chi connectivity index (χ3n) is 7.72. The minimum absolute atomic E-state index is 0. The minimum atomic E-state index is -1.64. The first kappa shape index (κ1) is 34.9. The number of hydrogen-bond acceptors (Lipinski definition) is 8. The van der Waals surface area contributed by atoms with Gasteiger partial charge >= 0.3 is 11.9 Å². The Labute approximate surface area is 246 Å². The molecule has 0 spiro atoms. The lowest BCUT2D eigenvalue weighted by Gasteiger charge is -2.48. The lowest BCUT2D eigenvalue weighted by atomic mass is 9.59. The molecule has 1 aromatic rings. The number of nitro groups is 1. The fourth-order valence-corrected chi connectivity index (χ4v) is 6.04. The number of carboxylic acid groups (broad SMARTS) is 2. The summed E-state index contributed by atoms with van der Waals surface area (Å²) in [6.07, 6.45) is 0.103. The molecule has 11 nitrogen and oxygen atoms in total. The smallest absolute Gasteiger partial charge is 0.334 e. The first-order valence-electron chi connectivity index (χ1n) is 12.4. The van der Waals surface area contributed by atoms with E-state index in [2.05, 4.69) is 15.9 Å². The maximum atomic E-state index is 12.9. The van der Waals surface area contributed by atoms with Gasteiger partial charge in [-0.05, 0) is 31.2 Å². The zero-order chi connectivity index (χ0) is 28.4. The predicted molar refractivity (Wildman–Crippen MR) is 155 cm³/mol. The van der Waals surface area contributed by atoms with Gasteiger partial charge in [0.25, 0.3) is 5.69 Å². The average molecular weight is 599 g/mol. The molecule has 2 heterocycles. The van der Waals surface area contributed by atoms with Gasteiger partial charge in [0.05, 0.1) is 34.1 Å². The van der Waals surface area contributed by atoms with Crippen LogP contribution in [0.5, 0.6) is 0 Å². The second-order valence-electron chi connectivity index (χ2n) is 10.9. The predicted octanol–water partition coefficient (Wildman–Crippen LogP) is 3.90. The van der Waals surface area contributed by atoms with E-state index in [1.807, 2.05) is 13.8 Å². The van der Waals surface area contributed by atoms with Crippen LogP contribution in [0.15, 0.2) is 46.8 Å². The first-order chi connectivity index (χ1) is 17.7. The highest BCUT2D eigenvalue weighted by molar-refractivity contribution is 6.00. The number of benzene rings is 1. The van der Waals surface area contributed by atoms with Crippen LogP contribution in [-0.2, 0) is 15.0 Å². The van der Waals surface area contributed by atoms with E-state index in [1.165, 1.54) is 18.2 Å². The molecule has 0 amide bonds. The molecule has 0 unspecified atom stereocenters. The number of aliphatic carboxylic acids is 2. The highest BCUT2D eigenvalue weighted by Gasteiger charge is 2.54. The Hall–Kier alpha value is -3.17. The summed E-state index contributed by atoms with van der Waals surface area (Å²) in [4.78, 5) is 42.8. The molecule has 0 bridgehead atoms. The van der Waals surface area contributed by atoms with Crippen molar-refractivity contribution in [3.63, 3.8) is 0 Å². The highest BCUT2D eigenvalue weighted by Crippen LogP contribution is 2.53. The van der Waals surface area contributed by atoms with Gasteiger partial charge in [-0.3, -0.25) is 15.0 Å². The molecular formula is C27H37Cl2N5O6. The fraction of sp³-hybridized carbons (Fsp3) is 0.519. The number of piperazine rings is 1. The van der Waals surface area contributed by atoms with Crippen LogP contribution in [0.25, 0.3) is 0 Å². The van der Waals surface area contributed by atoms with Gasteiger partial charge in [0, 0.05) is 63.3 Å². The number of nitrogens with zero attached hydrogens (tertiary/aromatic N) is 5. The van der Waals surface area contributed by atoms with E-state index in [1.54, 1.807) is 31.9 Å². The SMILES string of the molecule is CC1=C(C(=O)O)C(CC(C)(C)CN2CCN(CC#N)CC2)(c2cccc([N+](=O)[O-])c2)C(C(=O)O)=C(C)N1C.Cl.Cl. The molecule has 0 atom stereocenters. The van der Waals surface area contributed by atoms with Crippen LogP contribution in [0.3, 0.4) is 0 Å². The summed E-state index contributed by atoms with van der Waals surface area (Å²) >= 11 is 0. The Balaban J connectivity index is 0.00000400. The number of rotatable bonds is 9. The number of carboxylic acids is 2. The first-order valence-corrected chi connectivity index (χ1v) is 12.4. The van der Waals surface area contributed by atoms with Crippen molar-refractivity contribution < 1.29 is 24.7 Å². The van der Waals surface area contributed by atoms with E-state index >= 15 is 0 Å². The summed E-state index contributed by atoms with van der Waals surface area (Å²) in [7, 11) is 1.62. The van der Waals surface area contributed by atoms with E-state index in [-0.39, 0.29) is 53.6 Å². The van der Waals surface area contributed by atoms with Crippen molar-refractivity contribution in [1.82, 2.24) is 14.7 Å². The molecule has 2 N–H and O–H groups in total. The molecule has 2 aliphatic heterocycles. The van der Waals surface area contributed by atoms with E-state index in [0.29, 0.717) is 24.5 Å². The zero-order valence-corrected chi connectivity index (χ0v) is 25.0. The van der Waals surface area contributed by atoms with Gasteiger partial charge in [-0.2, -0.15) is 5.26 Å². The monoisotopic (exact) mass is 597 g/mol. The van der Waals surface area contributed by atoms with E-state index in [9.17, 15) is 29.9 Å². The third-order valence-corrected chi connectivity index (χ3v) is 7.72. The summed E-state index contributed by atoms with van der Waals surface area (Å²) in [5, 5.41) is 41.7. The van der Waals surface area contributed by atoms with Crippen molar-refractivity contribution in [2.24, 2.45) is 5.41 Å². The van der Waals surface area contributed by atoms with Crippen molar-refractivity contribution in [1.29, 1.82) is 5.26 Å². The molecule has 0 radical (unpaired) electrons. The van der Waals surface area contributed by atoms with Gasteiger partial charge in [0.15, 0.2) is 0 Å². The number of allylic oxidation sites excluding steroid dienone is 2. The molecule has 1 saturated heterocycles. The number of halogens is 2. The van der Waals surface area contributed by atoms with E-state index in [4.69, 9.17) is 5.26 Å². The molecule has 40 heavy (non-hydrogen) atoms. The summed E-state index contributed by atoms with van der Waals surface area (Å²) in [6.45, 7) is 11.0. The number of non-ortho nitro benzene ring substituents is 1. The largest absolute Gasteiger partial charge is 0.478 e. The molecule has 0 aliphatic carbocycles. The van der Waals surface area contributed by atoms with Crippen molar-refractivity contribution in [3.8, 4) is 6.07 Å². The van der Waals surface area contributed by atoms with Gasteiger partial charge in [-0.15, -0.1) is 24.8 Å². The summed E-state index contributed by atoms with van der Waals surface area (Å²) in [5.74, 6) is -2.54. The number of hydrogen-bond donors (Lipinski definition) is 2. The molecule has 2 aliphatic rings. The van der Waals surface area contributed by atoms with Gasteiger partial charge in [-0.25, -0.2) is 9.59 Å². The third kappa shape index (κ3) is 6.75. The van der Waals surface area contributed by atoms with Crippen molar-refractivity contribution in [2.45, 2.75) is 39.5 Å². The second kappa shape index (κ2) is 13.5. The molecule has 3 rings (SSSR count). The molecule has 0 aromatic heterocycles. The Kier molecular flexibility index (Phi) is 11.7. The Morgan fingerprint density at radius 3 is 2.00 bits per heavy atom. The Morgan fingerprint density at radius 1 is 1.05 bits per heavy atom. The molecular weight excluding hydrogens is 561 g/mol. The molecule has 13 heteroatoms. The second-order valence-corrected chi connectivity index (χ2v) is 10.9. The normalized spacial score (nSPS) is 17.9. The van der Waals surface area contributed by atoms with Crippen molar-refractivity contribution in [2.75, 3.05) is 46.3 Å². The average Bonchev–Trinajstić information content (AvgIpc) is 2.83. The fourth-order valence-electron chi connectivity index (χ4n) is 6.04. The van der Waals surface area contributed by atoms with Gasteiger partial charge in [0.1, 0.15) is 0 Å². The Bertz CT molecular complexity index is 1210. The number of nitro benzene ring substituents is 1. The molecule has 1 fully saturated rings. The lowest BCUT2D eigenvalue weighted by Crippen LogP contribution is -2.52. The highest BCUT2D eigenvalue weighted by atomic mass is 35.5. The van der Waals surface area contributed by atoms with E-state index < -0.39 is 27.7 Å². The zero-order valence-electron chi connectivity index (χ0n) is 23.3. The van der Waals surface area contributed by atoms with Crippen molar-refractivity contribution >= 4 is 42.4 Å². The van der Waals surface area contributed by atoms with Crippen LogP contribution in [0.4, 0.5) is 5.69 Å². The summed E-state index contributed by atoms with van der Waals surface area (Å²) in [6, 6.07) is 7.83. The summed E-state index contributed by atoms with van der Waals surface area (Å²) < 4.78 is 0. The van der Waals surface area contributed by atoms with Gasteiger partial charge in [0.2, 0.25) is 0 Å². The lowest BCUT2D eigenvalue weighted by molar-refractivity contribution is -0.385. The van der Waals surface area contributed by atoms with Crippen LogP contribution in [0, 0.1) is 26.9 Å². The van der Waals surface area contributed by atoms with Crippen LogP contribution in [-0.4, -0.2) is 88.1 Å². The van der Waals surface area contributed by atoms with Crippen LogP contribution in [0.2, 0.25) is 0 Å². The van der Waals surface area contributed by atoms with Gasteiger partial charge < -0.3 is 20.0 Å². The molecule has 220 valence electrons.